The van der Waals surface area contributed by atoms with E-state index < -0.39 is 11.7 Å². The summed E-state index contributed by atoms with van der Waals surface area (Å²) in [5, 5.41) is 20.3. The number of fused-ring (bicyclic) bond motifs is 1. The van der Waals surface area contributed by atoms with Gasteiger partial charge in [-0.15, -0.1) is 0 Å². The summed E-state index contributed by atoms with van der Waals surface area (Å²) in [6, 6.07) is 4.20. The van der Waals surface area contributed by atoms with E-state index in [-0.39, 0.29) is 5.41 Å². The third-order valence-corrected chi connectivity index (χ3v) is 6.58. The fourth-order valence-electron chi connectivity index (χ4n) is 4.70. The van der Waals surface area contributed by atoms with E-state index in [1.807, 2.05) is 0 Å². The van der Waals surface area contributed by atoms with Gasteiger partial charge in [-0.2, -0.15) is 0 Å². The van der Waals surface area contributed by atoms with Crippen molar-refractivity contribution in [2.24, 2.45) is 5.41 Å². The first kappa shape index (κ1) is 22.9. The number of hydrogen-bond acceptors (Lipinski definition) is 7. The quantitative estimate of drug-likeness (QED) is 0.706. The molecule has 2 aromatic rings. The molecule has 1 aliphatic heterocycles. The summed E-state index contributed by atoms with van der Waals surface area (Å²) < 4.78 is 5.64. The second-order valence-corrected chi connectivity index (χ2v) is 10.7. The van der Waals surface area contributed by atoms with Crippen LogP contribution in [-0.2, 0) is 6.42 Å². The van der Waals surface area contributed by atoms with E-state index in [1.165, 1.54) is 0 Å². The molecule has 1 saturated heterocycles. The number of aliphatic hydroxyl groups excluding tert-OH is 1. The van der Waals surface area contributed by atoms with Gasteiger partial charge in [0.2, 0.25) is 5.95 Å². The van der Waals surface area contributed by atoms with Crippen molar-refractivity contribution in [2.75, 3.05) is 24.6 Å². The molecule has 3 heterocycles. The summed E-state index contributed by atoms with van der Waals surface area (Å²) in [5.74, 6) is 1.76. The molecular weight excluding hydrogens is 404 g/mol. The van der Waals surface area contributed by atoms with Crippen LogP contribution >= 0.6 is 0 Å². The molecule has 7 nitrogen and oxygen atoms in total. The first-order valence-corrected chi connectivity index (χ1v) is 11.7. The Labute approximate surface area is 190 Å². The Morgan fingerprint density at radius 3 is 2.50 bits per heavy atom. The molecule has 174 valence electrons. The molecule has 1 unspecified atom stereocenters. The summed E-state index contributed by atoms with van der Waals surface area (Å²) in [6.07, 6.45) is 7.28. The van der Waals surface area contributed by atoms with E-state index in [1.54, 1.807) is 26.2 Å². The van der Waals surface area contributed by atoms with Gasteiger partial charge in [-0.25, -0.2) is 9.97 Å². The number of rotatable bonds is 6. The third-order valence-electron chi connectivity index (χ3n) is 6.58. The van der Waals surface area contributed by atoms with Crippen LogP contribution in [0.25, 0.3) is 0 Å². The number of anilines is 1. The zero-order chi connectivity index (χ0) is 22.9. The minimum Gasteiger partial charge on any atom is -0.490 e. The van der Waals surface area contributed by atoms with Gasteiger partial charge >= 0.3 is 0 Å². The fourth-order valence-corrected chi connectivity index (χ4v) is 4.70. The topological polar surface area (TPSA) is 91.6 Å². The number of nitrogens with zero attached hydrogens (tertiary/aromatic N) is 4. The van der Waals surface area contributed by atoms with Crippen molar-refractivity contribution in [3.8, 4) is 5.75 Å². The minimum atomic E-state index is -0.742. The van der Waals surface area contributed by atoms with Gasteiger partial charge in [0.1, 0.15) is 0 Å². The van der Waals surface area contributed by atoms with Gasteiger partial charge in [-0.1, -0.05) is 19.9 Å². The monoisotopic (exact) mass is 440 g/mol. The Hall–Kier alpha value is -2.25. The van der Waals surface area contributed by atoms with Gasteiger partial charge in [0.15, 0.2) is 5.75 Å². The zero-order valence-corrected chi connectivity index (χ0v) is 19.7. The SMILES string of the molecule is CC(C)(O)CCOc1cnc(N2CCC(c3ccc4c(n3)CC(C)(C)CC4O)CC2)nc1. The molecule has 4 rings (SSSR count). The molecule has 2 aromatic heterocycles. The van der Waals surface area contributed by atoms with Crippen LogP contribution in [0.3, 0.4) is 0 Å². The van der Waals surface area contributed by atoms with Crippen molar-refractivity contribution in [3.05, 3.63) is 41.5 Å². The first-order valence-electron chi connectivity index (χ1n) is 11.7. The molecule has 2 aliphatic rings. The van der Waals surface area contributed by atoms with Crippen molar-refractivity contribution in [3.63, 3.8) is 0 Å². The molecule has 0 bridgehead atoms. The van der Waals surface area contributed by atoms with Crippen LogP contribution in [0.5, 0.6) is 5.75 Å². The molecule has 32 heavy (non-hydrogen) atoms. The summed E-state index contributed by atoms with van der Waals surface area (Å²) in [6.45, 7) is 10.1. The van der Waals surface area contributed by atoms with Crippen LogP contribution in [0.4, 0.5) is 5.95 Å². The van der Waals surface area contributed by atoms with Crippen LogP contribution in [-0.4, -0.2) is 50.5 Å². The lowest BCUT2D eigenvalue weighted by Crippen LogP contribution is -2.34. The van der Waals surface area contributed by atoms with Gasteiger partial charge in [0.05, 0.1) is 30.7 Å². The molecule has 0 saturated carbocycles. The number of aromatic nitrogens is 3. The Balaban J connectivity index is 1.34. The van der Waals surface area contributed by atoms with Gasteiger partial charge in [-0.05, 0) is 51.0 Å². The van der Waals surface area contributed by atoms with E-state index in [4.69, 9.17) is 9.72 Å². The maximum Gasteiger partial charge on any atom is 0.225 e. The largest absolute Gasteiger partial charge is 0.490 e. The zero-order valence-electron chi connectivity index (χ0n) is 19.7. The summed E-state index contributed by atoms with van der Waals surface area (Å²) in [5.41, 5.74) is 2.56. The van der Waals surface area contributed by atoms with Crippen molar-refractivity contribution in [1.82, 2.24) is 15.0 Å². The number of piperidine rings is 1. The first-order chi connectivity index (χ1) is 15.1. The molecule has 0 spiro atoms. The summed E-state index contributed by atoms with van der Waals surface area (Å²) >= 11 is 0. The Kier molecular flexibility index (Phi) is 6.41. The predicted molar refractivity (Wildman–Crippen MR) is 124 cm³/mol. The standard InChI is InChI=1S/C25H36N4O3/c1-24(2)13-21-19(22(30)14-24)5-6-20(28-21)17-7-10-29(11-8-17)23-26-15-18(16-27-23)32-12-9-25(3,4)31/h5-6,15-17,22,30-31H,7-14H2,1-4H3. The molecule has 0 aromatic carbocycles. The minimum absolute atomic E-state index is 0.0862. The third kappa shape index (κ3) is 5.56. The van der Waals surface area contributed by atoms with Gasteiger partial charge < -0.3 is 19.8 Å². The molecular formula is C25H36N4O3. The number of pyridine rings is 1. The van der Waals surface area contributed by atoms with Gasteiger partial charge in [-0.3, -0.25) is 4.98 Å². The van der Waals surface area contributed by atoms with Crippen molar-refractivity contribution in [2.45, 2.75) is 77.4 Å². The van der Waals surface area contributed by atoms with Crippen LogP contribution in [0.2, 0.25) is 0 Å². The lowest BCUT2D eigenvalue weighted by atomic mass is 9.74. The highest BCUT2D eigenvalue weighted by Gasteiger charge is 2.33. The molecule has 1 fully saturated rings. The van der Waals surface area contributed by atoms with Crippen LogP contribution in [0.1, 0.15) is 82.4 Å². The van der Waals surface area contributed by atoms with E-state index in [2.05, 4.69) is 40.8 Å². The summed E-state index contributed by atoms with van der Waals surface area (Å²) in [7, 11) is 0. The highest BCUT2D eigenvalue weighted by Crippen LogP contribution is 2.41. The molecule has 0 radical (unpaired) electrons. The normalized spacial score (nSPS) is 21.3. The van der Waals surface area contributed by atoms with Crippen molar-refractivity contribution < 1.29 is 14.9 Å². The smallest absolute Gasteiger partial charge is 0.225 e. The predicted octanol–water partition coefficient (Wildman–Crippen LogP) is 3.80. The van der Waals surface area contributed by atoms with Gasteiger partial charge in [0.25, 0.3) is 0 Å². The summed E-state index contributed by atoms with van der Waals surface area (Å²) in [4.78, 5) is 16.2. The second kappa shape index (κ2) is 8.94. The molecule has 0 amide bonds. The Morgan fingerprint density at radius 2 is 1.84 bits per heavy atom. The Bertz CT molecular complexity index is 916. The number of hydrogen-bond donors (Lipinski definition) is 2. The molecule has 1 aliphatic carbocycles. The fraction of sp³-hybridized carbons (Fsp3) is 0.640. The lowest BCUT2D eigenvalue weighted by molar-refractivity contribution is 0.0552. The van der Waals surface area contributed by atoms with Gasteiger partial charge in [0, 0.05) is 42.4 Å². The number of aliphatic hydroxyl groups is 2. The highest BCUT2D eigenvalue weighted by atomic mass is 16.5. The second-order valence-electron chi connectivity index (χ2n) is 10.7. The maximum absolute atomic E-state index is 10.5. The Morgan fingerprint density at radius 1 is 1.16 bits per heavy atom. The van der Waals surface area contributed by atoms with E-state index >= 15 is 0 Å². The lowest BCUT2D eigenvalue weighted by Gasteiger charge is -2.35. The number of ether oxygens (including phenoxy) is 1. The molecule has 7 heteroatoms. The highest BCUT2D eigenvalue weighted by molar-refractivity contribution is 5.34. The van der Waals surface area contributed by atoms with Crippen LogP contribution in [0.15, 0.2) is 24.5 Å². The van der Waals surface area contributed by atoms with Crippen molar-refractivity contribution in [1.29, 1.82) is 0 Å². The molecule has 1 atom stereocenters. The maximum atomic E-state index is 10.5. The van der Waals surface area contributed by atoms with E-state index in [0.717, 1.165) is 61.7 Å². The average Bonchev–Trinajstić information content (AvgIpc) is 2.72. The van der Waals surface area contributed by atoms with E-state index in [9.17, 15) is 10.2 Å². The van der Waals surface area contributed by atoms with Crippen LogP contribution < -0.4 is 9.64 Å². The average molecular weight is 441 g/mol. The van der Waals surface area contributed by atoms with E-state index in [0.29, 0.717) is 24.7 Å². The molecule has 2 N–H and O–H groups in total. The van der Waals surface area contributed by atoms with Crippen LogP contribution in [0, 0.1) is 5.41 Å². The van der Waals surface area contributed by atoms with Crippen molar-refractivity contribution >= 4 is 5.95 Å².